The Morgan fingerprint density at radius 2 is 2.10 bits per heavy atom. The van der Waals surface area contributed by atoms with Crippen LogP contribution in [0.3, 0.4) is 0 Å². The lowest BCUT2D eigenvalue weighted by Crippen LogP contribution is -2.27. The van der Waals surface area contributed by atoms with Crippen LogP contribution >= 0.6 is 0 Å². The molecule has 5 nitrogen and oxygen atoms in total. The highest BCUT2D eigenvalue weighted by Gasteiger charge is 2.10. The zero-order valence-electron chi connectivity index (χ0n) is 12.5. The van der Waals surface area contributed by atoms with E-state index in [9.17, 15) is 4.79 Å². The van der Waals surface area contributed by atoms with Crippen molar-refractivity contribution in [2.24, 2.45) is 0 Å². The van der Waals surface area contributed by atoms with Gasteiger partial charge in [0.1, 0.15) is 0 Å². The van der Waals surface area contributed by atoms with E-state index in [-0.39, 0.29) is 11.7 Å². The zero-order chi connectivity index (χ0) is 15.1. The maximum absolute atomic E-state index is 11.7. The fraction of sp³-hybridized carbons (Fsp3) is 0.375. The van der Waals surface area contributed by atoms with Crippen molar-refractivity contribution in [1.29, 1.82) is 0 Å². The van der Waals surface area contributed by atoms with E-state index < -0.39 is 0 Å². The van der Waals surface area contributed by atoms with Crippen LogP contribution in [0.2, 0.25) is 0 Å². The number of aryl methyl sites for hydroxylation is 1. The van der Waals surface area contributed by atoms with Gasteiger partial charge < -0.3 is 14.7 Å². The topological polar surface area (TPSA) is 58.4 Å². The molecular weight excluding hydrogens is 266 g/mol. The highest BCUT2D eigenvalue weighted by Crippen LogP contribution is 2.03. The van der Waals surface area contributed by atoms with Gasteiger partial charge >= 0.3 is 0 Å². The molecule has 112 valence electrons. The number of aromatic nitrogens is 1. The molecule has 1 aromatic heterocycles. The molecule has 1 amide bonds. The van der Waals surface area contributed by atoms with Crippen LogP contribution in [-0.4, -0.2) is 36.1 Å². The molecule has 2 aromatic rings. The van der Waals surface area contributed by atoms with Crippen molar-refractivity contribution < 1.29 is 9.32 Å². The molecule has 0 aliphatic heterocycles. The fourth-order valence-electron chi connectivity index (χ4n) is 2.08. The highest BCUT2D eigenvalue weighted by atomic mass is 16.5. The SMILES string of the molecule is Cc1cc(C(=O)NCCCN(C)Cc2ccccc2)on1. The minimum atomic E-state index is -0.207. The molecule has 0 unspecified atom stereocenters. The second kappa shape index (κ2) is 7.59. The molecule has 0 fully saturated rings. The van der Waals surface area contributed by atoms with Crippen molar-refractivity contribution in [3.05, 3.63) is 53.4 Å². The van der Waals surface area contributed by atoms with Crippen molar-refractivity contribution in [2.45, 2.75) is 19.9 Å². The average molecular weight is 287 g/mol. The minimum Gasteiger partial charge on any atom is -0.351 e. The molecule has 1 aromatic carbocycles. The summed E-state index contributed by atoms with van der Waals surface area (Å²) in [5.41, 5.74) is 2.00. The summed E-state index contributed by atoms with van der Waals surface area (Å²) in [6.07, 6.45) is 0.891. The van der Waals surface area contributed by atoms with E-state index in [1.807, 2.05) is 18.2 Å². The van der Waals surface area contributed by atoms with Gasteiger partial charge in [0.05, 0.1) is 5.69 Å². The largest absolute Gasteiger partial charge is 0.351 e. The maximum atomic E-state index is 11.7. The van der Waals surface area contributed by atoms with Crippen LogP contribution in [0.15, 0.2) is 40.9 Å². The van der Waals surface area contributed by atoms with Crippen LogP contribution in [0, 0.1) is 6.92 Å². The quantitative estimate of drug-likeness (QED) is 0.793. The van der Waals surface area contributed by atoms with Crippen molar-refractivity contribution in [3.63, 3.8) is 0 Å². The minimum absolute atomic E-state index is 0.207. The number of hydrogen-bond acceptors (Lipinski definition) is 4. The third-order valence-corrected chi connectivity index (χ3v) is 3.15. The summed E-state index contributed by atoms with van der Waals surface area (Å²) >= 11 is 0. The van der Waals surface area contributed by atoms with E-state index in [2.05, 4.69) is 34.6 Å². The molecule has 0 saturated heterocycles. The van der Waals surface area contributed by atoms with E-state index in [1.54, 1.807) is 13.0 Å². The molecule has 0 radical (unpaired) electrons. The number of amides is 1. The summed E-state index contributed by atoms with van der Waals surface area (Å²) < 4.78 is 4.91. The summed E-state index contributed by atoms with van der Waals surface area (Å²) in [7, 11) is 2.08. The standard InChI is InChI=1S/C16H21N3O2/c1-13-11-15(21-18-13)16(20)17-9-6-10-19(2)12-14-7-4-3-5-8-14/h3-5,7-8,11H,6,9-10,12H2,1-2H3,(H,17,20). The van der Waals surface area contributed by atoms with E-state index in [1.165, 1.54) is 5.56 Å². The van der Waals surface area contributed by atoms with Gasteiger partial charge in [0.25, 0.3) is 5.91 Å². The van der Waals surface area contributed by atoms with Crippen molar-refractivity contribution in [2.75, 3.05) is 20.1 Å². The number of benzene rings is 1. The Hall–Kier alpha value is -2.14. The number of carbonyl (C=O) groups is 1. The fourth-order valence-corrected chi connectivity index (χ4v) is 2.08. The Bertz CT molecular complexity index is 566. The third-order valence-electron chi connectivity index (χ3n) is 3.15. The predicted octanol–water partition coefficient (Wildman–Crippen LogP) is 2.23. The smallest absolute Gasteiger partial charge is 0.289 e. The normalized spacial score (nSPS) is 10.8. The Morgan fingerprint density at radius 1 is 1.33 bits per heavy atom. The van der Waals surface area contributed by atoms with Crippen LogP contribution in [-0.2, 0) is 6.54 Å². The van der Waals surface area contributed by atoms with Gasteiger partial charge in [0.2, 0.25) is 5.76 Å². The first-order chi connectivity index (χ1) is 10.1. The van der Waals surface area contributed by atoms with Crippen LogP contribution < -0.4 is 5.32 Å². The number of carbonyl (C=O) groups excluding carboxylic acids is 1. The van der Waals surface area contributed by atoms with E-state index in [0.29, 0.717) is 12.2 Å². The lowest BCUT2D eigenvalue weighted by Gasteiger charge is -2.16. The Kier molecular flexibility index (Phi) is 5.51. The number of nitrogens with one attached hydrogen (secondary N) is 1. The lowest BCUT2D eigenvalue weighted by atomic mass is 10.2. The first-order valence-corrected chi connectivity index (χ1v) is 7.09. The molecule has 2 rings (SSSR count). The van der Waals surface area contributed by atoms with Gasteiger partial charge in [-0.15, -0.1) is 0 Å². The Labute approximate surface area is 124 Å². The molecule has 1 N–H and O–H groups in total. The summed E-state index contributed by atoms with van der Waals surface area (Å²) in [6.45, 7) is 4.25. The summed E-state index contributed by atoms with van der Waals surface area (Å²) in [5.74, 6) is 0.0615. The van der Waals surface area contributed by atoms with Crippen molar-refractivity contribution >= 4 is 5.91 Å². The number of rotatable bonds is 7. The molecule has 21 heavy (non-hydrogen) atoms. The molecule has 1 heterocycles. The Morgan fingerprint density at radius 3 is 2.76 bits per heavy atom. The lowest BCUT2D eigenvalue weighted by molar-refractivity contribution is 0.0915. The van der Waals surface area contributed by atoms with Crippen LogP contribution in [0.4, 0.5) is 0 Å². The van der Waals surface area contributed by atoms with E-state index in [4.69, 9.17) is 4.52 Å². The van der Waals surface area contributed by atoms with Gasteiger partial charge in [-0.05, 0) is 32.5 Å². The molecule has 0 bridgehead atoms. The van der Waals surface area contributed by atoms with Crippen LogP contribution in [0.1, 0.15) is 28.2 Å². The van der Waals surface area contributed by atoms with Gasteiger partial charge in [-0.2, -0.15) is 0 Å². The van der Waals surface area contributed by atoms with Gasteiger partial charge in [-0.3, -0.25) is 4.79 Å². The van der Waals surface area contributed by atoms with Gasteiger partial charge in [0, 0.05) is 19.2 Å². The van der Waals surface area contributed by atoms with Gasteiger partial charge in [-0.1, -0.05) is 35.5 Å². The van der Waals surface area contributed by atoms with Gasteiger partial charge in [0.15, 0.2) is 0 Å². The molecular formula is C16H21N3O2. The van der Waals surface area contributed by atoms with Crippen LogP contribution in [0.25, 0.3) is 0 Å². The second-order valence-corrected chi connectivity index (χ2v) is 5.17. The maximum Gasteiger partial charge on any atom is 0.289 e. The van der Waals surface area contributed by atoms with E-state index >= 15 is 0 Å². The first-order valence-electron chi connectivity index (χ1n) is 7.09. The predicted molar refractivity (Wildman–Crippen MR) is 81.0 cm³/mol. The number of nitrogens with zero attached hydrogens (tertiary/aromatic N) is 2. The van der Waals surface area contributed by atoms with Crippen LogP contribution in [0.5, 0.6) is 0 Å². The van der Waals surface area contributed by atoms with Gasteiger partial charge in [-0.25, -0.2) is 0 Å². The molecule has 0 aliphatic carbocycles. The first kappa shape index (κ1) is 15.3. The van der Waals surface area contributed by atoms with Crippen molar-refractivity contribution in [3.8, 4) is 0 Å². The Balaban J connectivity index is 1.64. The summed E-state index contributed by atoms with van der Waals surface area (Å²) in [4.78, 5) is 14.0. The molecule has 0 atom stereocenters. The van der Waals surface area contributed by atoms with Crippen molar-refractivity contribution in [1.82, 2.24) is 15.4 Å². The second-order valence-electron chi connectivity index (χ2n) is 5.17. The van der Waals surface area contributed by atoms with E-state index in [0.717, 1.165) is 19.5 Å². The summed E-state index contributed by atoms with van der Waals surface area (Å²) in [6, 6.07) is 12.0. The highest BCUT2D eigenvalue weighted by molar-refractivity contribution is 5.91. The number of hydrogen-bond donors (Lipinski definition) is 1. The molecule has 0 saturated carbocycles. The molecule has 5 heteroatoms. The zero-order valence-corrected chi connectivity index (χ0v) is 12.5. The average Bonchev–Trinajstić information content (AvgIpc) is 2.91. The summed E-state index contributed by atoms with van der Waals surface area (Å²) in [5, 5.41) is 6.53. The third kappa shape index (κ3) is 5.04. The molecule has 0 spiro atoms. The molecule has 0 aliphatic rings. The monoisotopic (exact) mass is 287 g/mol.